The minimum atomic E-state index is 0.615. The van der Waals surface area contributed by atoms with Crippen molar-refractivity contribution in [3.8, 4) is 34.2 Å². The maximum absolute atomic E-state index is 6.34. The first-order chi connectivity index (χ1) is 25.7. The van der Waals surface area contributed by atoms with E-state index in [-0.39, 0.29) is 0 Å². The van der Waals surface area contributed by atoms with Crippen LogP contribution < -0.4 is 0 Å². The Morgan fingerprint density at radius 1 is 0.365 bits per heavy atom. The zero-order valence-electron chi connectivity index (χ0n) is 27.7. The Bertz CT molecular complexity index is 3410. The molecule has 4 aromatic heterocycles. The molecule has 0 saturated carbocycles. The Balaban J connectivity index is 1.15. The molecule has 4 heterocycles. The summed E-state index contributed by atoms with van der Waals surface area (Å²) in [6.07, 6.45) is 0. The molecule has 52 heavy (non-hydrogen) atoms. The van der Waals surface area contributed by atoms with E-state index in [9.17, 15) is 0 Å². The van der Waals surface area contributed by atoms with Crippen LogP contribution in [-0.2, 0) is 0 Å². The van der Waals surface area contributed by atoms with Gasteiger partial charge in [0.1, 0.15) is 11.2 Å². The van der Waals surface area contributed by atoms with Gasteiger partial charge in [-0.2, -0.15) is 0 Å². The van der Waals surface area contributed by atoms with E-state index < -0.39 is 0 Å². The lowest BCUT2D eigenvalue weighted by molar-refractivity contribution is 0.669. The summed E-state index contributed by atoms with van der Waals surface area (Å²) in [6.45, 7) is 0. The average Bonchev–Trinajstić information content (AvgIpc) is 3.74. The number of hydrogen-bond acceptors (Lipinski definition) is 4. The van der Waals surface area contributed by atoms with Gasteiger partial charge in [0.2, 0.25) is 0 Å². The molecule has 240 valence electrons. The van der Waals surface area contributed by atoms with Crippen LogP contribution in [0.25, 0.3) is 116 Å². The molecule has 0 saturated heterocycles. The van der Waals surface area contributed by atoms with Gasteiger partial charge in [0, 0.05) is 49.0 Å². The van der Waals surface area contributed by atoms with Gasteiger partial charge in [-0.05, 0) is 76.1 Å². The van der Waals surface area contributed by atoms with Crippen molar-refractivity contribution in [1.82, 2.24) is 19.4 Å². The van der Waals surface area contributed by atoms with Crippen molar-refractivity contribution in [2.75, 3.05) is 0 Å². The number of aromatic nitrogens is 4. The number of furan rings is 1. The molecule has 0 aliphatic heterocycles. The fourth-order valence-electron chi connectivity index (χ4n) is 8.37. The van der Waals surface area contributed by atoms with Crippen LogP contribution in [-0.4, -0.2) is 19.4 Å². The van der Waals surface area contributed by atoms with Crippen LogP contribution >= 0.6 is 0 Å². The van der Waals surface area contributed by atoms with Crippen molar-refractivity contribution in [3.63, 3.8) is 0 Å². The van der Waals surface area contributed by atoms with E-state index in [0.29, 0.717) is 17.5 Å². The van der Waals surface area contributed by atoms with E-state index in [1.165, 1.54) is 54.3 Å². The van der Waals surface area contributed by atoms with Gasteiger partial charge in [0.15, 0.2) is 17.5 Å². The highest BCUT2D eigenvalue weighted by Crippen LogP contribution is 2.43. The third-order valence-electron chi connectivity index (χ3n) is 10.7. The van der Waals surface area contributed by atoms with Gasteiger partial charge < -0.3 is 8.82 Å². The molecule has 0 N–H and O–H groups in total. The third kappa shape index (κ3) is 3.85. The van der Waals surface area contributed by atoms with Crippen LogP contribution in [0.2, 0.25) is 0 Å². The van der Waals surface area contributed by atoms with E-state index in [1.54, 1.807) is 0 Å². The standard InChI is InChI=1S/C47H26N4O/c1-2-10-28(11-3-1)45-48-46(31-20-21-41-35(23-31)36-22-29-12-4-5-13-30(29)26-42(36)52-41)50-47(49-45)32-24-37-33-16-6-7-18-39(33)51-40-19-9-15-27-14-8-17-34(43(27)40)38(25-32)44(37)51/h1-26H. The molecule has 0 spiro atoms. The van der Waals surface area contributed by atoms with Crippen LogP contribution in [0.3, 0.4) is 0 Å². The first-order valence-electron chi connectivity index (χ1n) is 17.5. The van der Waals surface area contributed by atoms with Gasteiger partial charge in [0.05, 0.1) is 16.6 Å². The molecule has 12 aromatic rings. The summed E-state index contributed by atoms with van der Waals surface area (Å²) < 4.78 is 8.77. The zero-order valence-corrected chi connectivity index (χ0v) is 27.7. The zero-order chi connectivity index (χ0) is 33.9. The topological polar surface area (TPSA) is 56.2 Å². The largest absolute Gasteiger partial charge is 0.456 e. The van der Waals surface area contributed by atoms with Gasteiger partial charge in [-0.1, -0.05) is 103 Å². The number of benzene rings is 8. The molecule has 0 atom stereocenters. The van der Waals surface area contributed by atoms with Gasteiger partial charge in [-0.25, -0.2) is 15.0 Å². The lowest BCUT2D eigenvalue weighted by atomic mass is 9.97. The minimum Gasteiger partial charge on any atom is -0.456 e. The minimum absolute atomic E-state index is 0.615. The molecule has 5 nitrogen and oxygen atoms in total. The third-order valence-corrected chi connectivity index (χ3v) is 10.7. The fraction of sp³-hybridized carbons (Fsp3) is 0. The number of nitrogens with zero attached hydrogens (tertiary/aromatic N) is 4. The Labute approximate surface area is 296 Å². The maximum Gasteiger partial charge on any atom is 0.164 e. The molecule has 0 aliphatic rings. The molecule has 0 fully saturated rings. The van der Waals surface area contributed by atoms with Crippen molar-refractivity contribution in [1.29, 1.82) is 0 Å². The molecule has 0 bridgehead atoms. The first-order valence-corrected chi connectivity index (χ1v) is 17.5. The Kier molecular flexibility index (Phi) is 5.44. The highest BCUT2D eigenvalue weighted by molar-refractivity contribution is 6.27. The summed E-state index contributed by atoms with van der Waals surface area (Å²) in [4.78, 5) is 15.5. The van der Waals surface area contributed by atoms with Crippen LogP contribution in [0.1, 0.15) is 0 Å². The van der Waals surface area contributed by atoms with Crippen molar-refractivity contribution in [2.45, 2.75) is 0 Å². The smallest absolute Gasteiger partial charge is 0.164 e. The summed E-state index contributed by atoms with van der Waals surface area (Å²) >= 11 is 0. The van der Waals surface area contributed by atoms with Gasteiger partial charge in [0.25, 0.3) is 0 Å². The lowest BCUT2D eigenvalue weighted by Crippen LogP contribution is -2.00. The predicted molar refractivity (Wildman–Crippen MR) is 213 cm³/mol. The van der Waals surface area contributed by atoms with E-state index in [4.69, 9.17) is 19.4 Å². The number of fused-ring (bicyclic) bond motifs is 9. The van der Waals surface area contributed by atoms with Crippen LogP contribution in [0.15, 0.2) is 162 Å². The normalized spacial score (nSPS) is 12.2. The predicted octanol–water partition coefficient (Wildman–Crippen LogP) is 12.2. The number of pyridine rings is 1. The summed E-state index contributed by atoms with van der Waals surface area (Å²) in [5.74, 6) is 1.88. The molecule has 8 aromatic carbocycles. The molecule has 0 aliphatic carbocycles. The quantitative estimate of drug-likeness (QED) is 0.140. The van der Waals surface area contributed by atoms with Crippen LogP contribution in [0, 0.1) is 0 Å². The SMILES string of the molecule is c1ccc(-c2nc(-c3ccc4oc5cc6ccccc6cc5c4c3)nc(-c3cc4c5cccc6cccc(c65)n5c6ccccc6c(c3)c45)n2)cc1. The lowest BCUT2D eigenvalue weighted by Gasteiger charge is -2.14. The highest BCUT2D eigenvalue weighted by Gasteiger charge is 2.21. The highest BCUT2D eigenvalue weighted by atomic mass is 16.3. The molecule has 0 radical (unpaired) electrons. The summed E-state index contributed by atoms with van der Waals surface area (Å²) in [5, 5.41) is 11.7. The molecule has 0 unspecified atom stereocenters. The second-order valence-electron chi connectivity index (χ2n) is 13.6. The summed E-state index contributed by atoms with van der Waals surface area (Å²) in [6, 6.07) is 55.6. The van der Waals surface area contributed by atoms with Crippen molar-refractivity contribution >= 4 is 81.6 Å². The molecule has 0 amide bonds. The Morgan fingerprint density at radius 3 is 1.81 bits per heavy atom. The summed E-state index contributed by atoms with van der Waals surface area (Å²) in [5.41, 5.74) is 8.10. The van der Waals surface area contributed by atoms with E-state index in [0.717, 1.165) is 44.0 Å². The first kappa shape index (κ1) is 27.7. The number of rotatable bonds is 3. The Morgan fingerprint density at radius 2 is 0.962 bits per heavy atom. The monoisotopic (exact) mass is 662 g/mol. The van der Waals surface area contributed by atoms with Crippen molar-refractivity contribution < 1.29 is 4.42 Å². The number of hydrogen-bond donors (Lipinski definition) is 0. The van der Waals surface area contributed by atoms with E-state index in [1.807, 2.05) is 24.3 Å². The van der Waals surface area contributed by atoms with Gasteiger partial charge in [-0.3, -0.25) is 0 Å². The number of para-hydroxylation sites is 1. The second kappa shape index (κ2) is 10.2. The average molecular weight is 663 g/mol. The fourth-order valence-corrected chi connectivity index (χ4v) is 8.37. The maximum atomic E-state index is 6.34. The van der Waals surface area contributed by atoms with Crippen molar-refractivity contribution in [3.05, 3.63) is 158 Å². The molecular weight excluding hydrogens is 637 g/mol. The summed E-state index contributed by atoms with van der Waals surface area (Å²) in [7, 11) is 0. The molecule has 5 heteroatoms. The van der Waals surface area contributed by atoms with Gasteiger partial charge >= 0.3 is 0 Å². The van der Waals surface area contributed by atoms with Gasteiger partial charge in [-0.15, -0.1) is 0 Å². The van der Waals surface area contributed by atoms with Crippen LogP contribution in [0.5, 0.6) is 0 Å². The van der Waals surface area contributed by atoms with Crippen LogP contribution in [0.4, 0.5) is 0 Å². The van der Waals surface area contributed by atoms with E-state index in [2.05, 4.69) is 138 Å². The Hall–Kier alpha value is -7.11. The molecular formula is C47H26N4O. The second-order valence-corrected chi connectivity index (χ2v) is 13.6. The van der Waals surface area contributed by atoms with Crippen molar-refractivity contribution in [2.24, 2.45) is 0 Å². The van der Waals surface area contributed by atoms with E-state index >= 15 is 0 Å². The molecule has 12 rings (SSSR count).